The lowest BCUT2D eigenvalue weighted by Gasteiger charge is -2.11. The van der Waals surface area contributed by atoms with Gasteiger partial charge in [0.1, 0.15) is 10.6 Å². The molecule has 0 aliphatic heterocycles. The molecule has 0 aliphatic carbocycles. The molecule has 2 N–H and O–H groups in total. The summed E-state index contributed by atoms with van der Waals surface area (Å²) < 4.78 is 38.5. The van der Waals surface area contributed by atoms with Crippen molar-refractivity contribution in [1.82, 2.24) is 4.72 Å². The molecule has 0 fully saturated rings. The molecule has 1 heterocycles. The van der Waals surface area contributed by atoms with Gasteiger partial charge in [0, 0.05) is 16.7 Å². The molecule has 1 amide bonds. The Kier molecular flexibility index (Phi) is 6.18. The Balaban J connectivity index is 1.66. The summed E-state index contributed by atoms with van der Waals surface area (Å²) in [6.07, 6.45) is 1.42. The van der Waals surface area contributed by atoms with E-state index in [0.29, 0.717) is 10.2 Å². The number of halogens is 1. The molecule has 9 heteroatoms. The lowest BCUT2D eigenvalue weighted by Crippen LogP contribution is -2.23. The van der Waals surface area contributed by atoms with Crippen molar-refractivity contribution in [2.24, 2.45) is 0 Å². The van der Waals surface area contributed by atoms with Gasteiger partial charge in [-0.2, -0.15) is 0 Å². The normalized spacial score (nSPS) is 11.2. The highest BCUT2D eigenvalue weighted by Gasteiger charge is 2.19. The number of sulfonamides is 1. The first-order valence-electron chi connectivity index (χ1n) is 8.16. The van der Waals surface area contributed by atoms with Crippen molar-refractivity contribution < 1.29 is 22.4 Å². The number of carbonyl (C=O) groups excluding carboxylic acids is 1. The number of methoxy groups -OCH3 is 1. The van der Waals surface area contributed by atoms with Crippen LogP contribution in [0.4, 0.5) is 5.69 Å². The van der Waals surface area contributed by atoms with Crippen LogP contribution in [0.15, 0.2) is 74.6 Å². The number of carbonyl (C=O) groups is 1. The van der Waals surface area contributed by atoms with E-state index in [2.05, 4.69) is 26.0 Å². The minimum atomic E-state index is -3.77. The molecule has 3 rings (SSSR count). The second-order valence-electron chi connectivity index (χ2n) is 5.75. The van der Waals surface area contributed by atoms with Crippen LogP contribution in [0.1, 0.15) is 16.1 Å². The molecule has 7 nitrogen and oxygen atoms in total. The number of benzene rings is 2. The largest absolute Gasteiger partial charge is 0.495 e. The first-order valence-corrected chi connectivity index (χ1v) is 10.4. The maximum absolute atomic E-state index is 12.6. The van der Waals surface area contributed by atoms with E-state index in [1.807, 2.05) is 0 Å². The van der Waals surface area contributed by atoms with E-state index >= 15 is 0 Å². The highest BCUT2D eigenvalue weighted by molar-refractivity contribution is 9.10. The maximum atomic E-state index is 12.6. The predicted octanol–water partition coefficient (Wildman–Crippen LogP) is 3.78. The molecular weight excluding hydrogens is 448 g/mol. The smallest absolute Gasteiger partial charge is 0.291 e. The molecule has 0 atom stereocenters. The van der Waals surface area contributed by atoms with Crippen LogP contribution in [0.5, 0.6) is 5.75 Å². The minimum absolute atomic E-state index is 0.0479. The summed E-state index contributed by atoms with van der Waals surface area (Å²) in [5.74, 6) is 0.103. The lowest BCUT2D eigenvalue weighted by atomic mass is 10.2. The van der Waals surface area contributed by atoms with Gasteiger partial charge in [0.05, 0.1) is 13.4 Å². The number of hydrogen-bond acceptors (Lipinski definition) is 5. The van der Waals surface area contributed by atoms with Crippen LogP contribution >= 0.6 is 15.9 Å². The molecule has 3 aromatic rings. The van der Waals surface area contributed by atoms with Gasteiger partial charge in [0.25, 0.3) is 5.91 Å². The van der Waals surface area contributed by atoms with Crippen LogP contribution in [0.2, 0.25) is 0 Å². The fourth-order valence-electron chi connectivity index (χ4n) is 2.42. The second-order valence-corrected chi connectivity index (χ2v) is 8.40. The summed E-state index contributed by atoms with van der Waals surface area (Å²) >= 11 is 3.27. The predicted molar refractivity (Wildman–Crippen MR) is 108 cm³/mol. The molecule has 0 radical (unpaired) electrons. The van der Waals surface area contributed by atoms with Gasteiger partial charge in [-0.15, -0.1) is 0 Å². The van der Waals surface area contributed by atoms with Gasteiger partial charge in [-0.25, -0.2) is 13.1 Å². The van der Waals surface area contributed by atoms with Gasteiger partial charge < -0.3 is 14.5 Å². The zero-order valence-electron chi connectivity index (χ0n) is 14.8. The molecule has 2 aromatic carbocycles. The SMILES string of the molecule is COc1ccc(Br)cc1S(=O)(=O)NCc1ccc(NC(=O)c2ccco2)cc1. The third kappa shape index (κ3) is 4.80. The monoisotopic (exact) mass is 464 g/mol. The van der Waals surface area contributed by atoms with Crippen LogP contribution < -0.4 is 14.8 Å². The third-order valence-electron chi connectivity index (χ3n) is 3.84. The minimum Gasteiger partial charge on any atom is -0.495 e. The van der Waals surface area contributed by atoms with Gasteiger partial charge in [0.2, 0.25) is 10.0 Å². The molecular formula is C19H17BrN2O5S. The molecule has 0 saturated heterocycles. The first kappa shape index (κ1) is 20.1. The van der Waals surface area contributed by atoms with Gasteiger partial charge in [-0.3, -0.25) is 4.79 Å². The van der Waals surface area contributed by atoms with Crippen LogP contribution in [0.25, 0.3) is 0 Å². The Morgan fingerprint density at radius 1 is 1.14 bits per heavy atom. The summed E-state index contributed by atoms with van der Waals surface area (Å²) in [6.45, 7) is 0.0877. The molecule has 0 saturated carbocycles. The van der Waals surface area contributed by atoms with Crippen LogP contribution in [0.3, 0.4) is 0 Å². The molecule has 0 aliphatic rings. The van der Waals surface area contributed by atoms with Crippen molar-refractivity contribution in [1.29, 1.82) is 0 Å². The van der Waals surface area contributed by atoms with Crippen molar-refractivity contribution in [2.75, 3.05) is 12.4 Å². The van der Waals surface area contributed by atoms with E-state index in [1.165, 1.54) is 19.4 Å². The van der Waals surface area contributed by atoms with E-state index in [0.717, 1.165) is 5.56 Å². The van der Waals surface area contributed by atoms with E-state index in [9.17, 15) is 13.2 Å². The Morgan fingerprint density at radius 2 is 1.89 bits per heavy atom. The van der Waals surface area contributed by atoms with Crippen LogP contribution in [0, 0.1) is 0 Å². The maximum Gasteiger partial charge on any atom is 0.291 e. The summed E-state index contributed by atoms with van der Waals surface area (Å²) in [4.78, 5) is 12.0. The Morgan fingerprint density at radius 3 is 2.54 bits per heavy atom. The van der Waals surface area contributed by atoms with Crippen molar-refractivity contribution in [3.05, 3.63) is 76.7 Å². The number of rotatable bonds is 7. The highest BCUT2D eigenvalue weighted by Crippen LogP contribution is 2.27. The number of ether oxygens (including phenoxy) is 1. The zero-order chi connectivity index (χ0) is 20.1. The lowest BCUT2D eigenvalue weighted by molar-refractivity contribution is 0.0996. The summed E-state index contributed by atoms with van der Waals surface area (Å²) in [5, 5.41) is 2.70. The van der Waals surface area contributed by atoms with E-state index in [4.69, 9.17) is 9.15 Å². The number of furan rings is 1. The average molecular weight is 465 g/mol. The van der Waals surface area contributed by atoms with Crippen molar-refractivity contribution in [3.63, 3.8) is 0 Å². The standard InChI is InChI=1S/C19H17BrN2O5S/c1-26-16-9-6-14(20)11-18(16)28(24,25)21-12-13-4-7-15(8-5-13)22-19(23)17-3-2-10-27-17/h2-11,21H,12H2,1H3,(H,22,23). The van der Waals surface area contributed by atoms with E-state index < -0.39 is 10.0 Å². The summed E-state index contributed by atoms with van der Waals surface area (Å²) in [6, 6.07) is 14.8. The summed E-state index contributed by atoms with van der Waals surface area (Å²) in [7, 11) is -2.35. The fraction of sp³-hybridized carbons (Fsp3) is 0.105. The van der Waals surface area contributed by atoms with Crippen LogP contribution in [-0.4, -0.2) is 21.4 Å². The molecule has 146 valence electrons. The Hall–Kier alpha value is -2.62. The number of anilines is 1. The average Bonchev–Trinajstić information content (AvgIpc) is 3.22. The Bertz CT molecular complexity index is 1060. The van der Waals surface area contributed by atoms with Gasteiger partial charge in [-0.05, 0) is 48.0 Å². The molecule has 0 unspecified atom stereocenters. The van der Waals surface area contributed by atoms with Crippen LogP contribution in [-0.2, 0) is 16.6 Å². The highest BCUT2D eigenvalue weighted by atomic mass is 79.9. The van der Waals surface area contributed by atoms with E-state index in [-0.39, 0.29) is 28.9 Å². The fourth-order valence-corrected chi connectivity index (χ4v) is 4.15. The van der Waals surface area contributed by atoms with Crippen molar-refractivity contribution >= 4 is 37.5 Å². The second kappa shape index (κ2) is 8.59. The number of amides is 1. The first-order chi connectivity index (χ1) is 13.4. The van der Waals surface area contributed by atoms with Crippen molar-refractivity contribution in [3.8, 4) is 5.75 Å². The number of nitrogens with one attached hydrogen (secondary N) is 2. The van der Waals surface area contributed by atoms with Gasteiger partial charge in [0.15, 0.2) is 5.76 Å². The van der Waals surface area contributed by atoms with Gasteiger partial charge in [-0.1, -0.05) is 28.1 Å². The number of hydrogen-bond donors (Lipinski definition) is 2. The molecule has 0 bridgehead atoms. The van der Waals surface area contributed by atoms with Gasteiger partial charge >= 0.3 is 0 Å². The molecule has 28 heavy (non-hydrogen) atoms. The molecule has 0 spiro atoms. The quantitative estimate of drug-likeness (QED) is 0.554. The summed E-state index contributed by atoms with van der Waals surface area (Å²) in [5.41, 5.74) is 1.30. The topological polar surface area (TPSA) is 97.6 Å². The third-order valence-corrected chi connectivity index (χ3v) is 5.75. The van der Waals surface area contributed by atoms with Crippen molar-refractivity contribution in [2.45, 2.75) is 11.4 Å². The molecule has 1 aromatic heterocycles. The van der Waals surface area contributed by atoms with E-state index in [1.54, 1.807) is 48.5 Å². The Labute approximate surface area is 170 Å². The zero-order valence-corrected chi connectivity index (χ0v) is 17.2.